The van der Waals surface area contributed by atoms with Crippen LogP contribution in [0, 0.1) is 13.8 Å². The lowest BCUT2D eigenvalue weighted by Gasteiger charge is -2.00. The number of carbonyl (C=O) groups is 1. The van der Waals surface area contributed by atoms with Crippen LogP contribution in [0.4, 0.5) is 4.79 Å². The van der Waals surface area contributed by atoms with Gasteiger partial charge in [-0.15, -0.1) is 11.3 Å². The van der Waals surface area contributed by atoms with E-state index in [4.69, 9.17) is 5.73 Å². The van der Waals surface area contributed by atoms with E-state index in [0.29, 0.717) is 6.54 Å². The lowest BCUT2D eigenvalue weighted by atomic mass is 10.2. The van der Waals surface area contributed by atoms with Gasteiger partial charge in [0.05, 0.1) is 0 Å². The van der Waals surface area contributed by atoms with Gasteiger partial charge in [0.25, 0.3) is 0 Å². The zero-order chi connectivity index (χ0) is 9.84. The number of urea groups is 1. The summed E-state index contributed by atoms with van der Waals surface area (Å²) in [5.74, 6) is 0. The molecule has 1 rings (SSSR count). The minimum absolute atomic E-state index is 0.454. The van der Waals surface area contributed by atoms with Crippen LogP contribution >= 0.6 is 11.3 Å². The predicted octanol–water partition coefficient (Wildman–Crippen LogP) is 1.58. The smallest absolute Gasteiger partial charge is 0.312 e. The number of primary amides is 1. The Kier molecular flexibility index (Phi) is 3.31. The SMILES string of the molecule is Cc1cc(CCNC(N)=O)c(C)s1. The average molecular weight is 198 g/mol. The molecule has 2 amide bonds. The van der Waals surface area contributed by atoms with Crippen molar-refractivity contribution in [2.24, 2.45) is 5.73 Å². The zero-order valence-electron chi connectivity index (χ0n) is 7.89. The van der Waals surface area contributed by atoms with Gasteiger partial charge in [0.2, 0.25) is 0 Å². The first-order valence-corrected chi connectivity index (χ1v) is 5.00. The summed E-state index contributed by atoms with van der Waals surface area (Å²) in [5, 5.41) is 2.57. The van der Waals surface area contributed by atoms with Crippen molar-refractivity contribution in [1.82, 2.24) is 5.32 Å². The normalized spacial score (nSPS) is 10.0. The summed E-state index contributed by atoms with van der Waals surface area (Å²) in [7, 11) is 0. The summed E-state index contributed by atoms with van der Waals surface area (Å²) in [6.07, 6.45) is 0.860. The van der Waals surface area contributed by atoms with E-state index in [2.05, 4.69) is 25.2 Å². The first-order valence-electron chi connectivity index (χ1n) is 4.19. The highest BCUT2D eigenvalue weighted by atomic mass is 32.1. The second kappa shape index (κ2) is 4.28. The van der Waals surface area contributed by atoms with E-state index in [9.17, 15) is 4.79 Å². The zero-order valence-corrected chi connectivity index (χ0v) is 8.70. The monoisotopic (exact) mass is 198 g/mol. The van der Waals surface area contributed by atoms with E-state index < -0.39 is 6.03 Å². The molecule has 1 aromatic heterocycles. The van der Waals surface area contributed by atoms with Gasteiger partial charge in [0.15, 0.2) is 0 Å². The fraction of sp³-hybridized carbons (Fsp3) is 0.444. The van der Waals surface area contributed by atoms with E-state index in [-0.39, 0.29) is 0 Å². The van der Waals surface area contributed by atoms with Gasteiger partial charge in [-0.1, -0.05) is 0 Å². The predicted molar refractivity (Wildman–Crippen MR) is 55.1 cm³/mol. The molecule has 1 aromatic rings. The van der Waals surface area contributed by atoms with Crippen molar-refractivity contribution in [3.8, 4) is 0 Å². The maximum absolute atomic E-state index is 10.4. The molecular weight excluding hydrogens is 184 g/mol. The third-order valence-electron chi connectivity index (χ3n) is 1.84. The minimum atomic E-state index is -0.454. The van der Waals surface area contributed by atoms with E-state index in [1.54, 1.807) is 11.3 Å². The Morgan fingerprint density at radius 3 is 2.77 bits per heavy atom. The molecule has 0 aliphatic rings. The second-order valence-corrected chi connectivity index (χ2v) is 4.44. The Labute approximate surface area is 81.9 Å². The molecule has 13 heavy (non-hydrogen) atoms. The molecule has 0 spiro atoms. The van der Waals surface area contributed by atoms with Crippen molar-refractivity contribution in [2.75, 3.05) is 6.54 Å². The molecule has 0 radical (unpaired) electrons. The first kappa shape index (κ1) is 10.1. The number of hydrogen-bond donors (Lipinski definition) is 2. The second-order valence-electron chi connectivity index (χ2n) is 2.98. The van der Waals surface area contributed by atoms with Gasteiger partial charge in [0.1, 0.15) is 0 Å². The summed E-state index contributed by atoms with van der Waals surface area (Å²) in [5.41, 5.74) is 6.25. The molecule has 4 heteroatoms. The number of amides is 2. The van der Waals surface area contributed by atoms with Crippen LogP contribution in [0.2, 0.25) is 0 Å². The van der Waals surface area contributed by atoms with Crippen LogP contribution in [-0.2, 0) is 6.42 Å². The number of hydrogen-bond acceptors (Lipinski definition) is 2. The molecule has 0 saturated heterocycles. The summed E-state index contributed by atoms with van der Waals surface area (Å²) in [4.78, 5) is 13.0. The van der Waals surface area contributed by atoms with Crippen molar-refractivity contribution in [1.29, 1.82) is 0 Å². The summed E-state index contributed by atoms with van der Waals surface area (Å²) < 4.78 is 0. The van der Waals surface area contributed by atoms with Crippen LogP contribution in [-0.4, -0.2) is 12.6 Å². The van der Waals surface area contributed by atoms with Gasteiger partial charge in [-0.3, -0.25) is 0 Å². The maximum Gasteiger partial charge on any atom is 0.312 e. The van der Waals surface area contributed by atoms with E-state index in [0.717, 1.165) is 6.42 Å². The number of rotatable bonds is 3. The lowest BCUT2D eigenvalue weighted by Crippen LogP contribution is -2.30. The quantitative estimate of drug-likeness (QED) is 0.761. The molecule has 0 aromatic carbocycles. The van der Waals surface area contributed by atoms with Crippen molar-refractivity contribution in [2.45, 2.75) is 20.3 Å². The Morgan fingerprint density at radius 1 is 1.62 bits per heavy atom. The van der Waals surface area contributed by atoms with Gasteiger partial charge in [0, 0.05) is 16.3 Å². The third kappa shape index (κ3) is 3.06. The average Bonchev–Trinajstić information content (AvgIpc) is 2.29. The fourth-order valence-electron chi connectivity index (χ4n) is 1.25. The van der Waals surface area contributed by atoms with Crippen molar-refractivity contribution in [3.05, 3.63) is 21.4 Å². The van der Waals surface area contributed by atoms with Gasteiger partial charge in [-0.05, 0) is 31.9 Å². The molecule has 72 valence electrons. The van der Waals surface area contributed by atoms with Crippen LogP contribution in [0.15, 0.2) is 6.07 Å². The van der Waals surface area contributed by atoms with Crippen LogP contribution < -0.4 is 11.1 Å². The number of nitrogens with two attached hydrogens (primary N) is 1. The summed E-state index contributed by atoms with van der Waals surface area (Å²) >= 11 is 1.78. The Bertz CT molecular complexity index is 307. The standard InChI is InChI=1S/C9H14N2OS/c1-6-5-8(7(2)13-6)3-4-11-9(10)12/h5H,3-4H2,1-2H3,(H3,10,11,12). The highest BCUT2D eigenvalue weighted by molar-refractivity contribution is 7.12. The van der Waals surface area contributed by atoms with E-state index in [1.807, 2.05) is 0 Å². The van der Waals surface area contributed by atoms with Gasteiger partial charge >= 0.3 is 6.03 Å². The Hall–Kier alpha value is -1.03. The molecule has 0 unspecified atom stereocenters. The van der Waals surface area contributed by atoms with E-state index >= 15 is 0 Å². The molecule has 3 nitrogen and oxygen atoms in total. The molecular formula is C9H14N2OS. The van der Waals surface area contributed by atoms with Crippen molar-refractivity contribution < 1.29 is 4.79 Å². The highest BCUT2D eigenvalue weighted by Crippen LogP contribution is 2.20. The number of aryl methyl sites for hydroxylation is 2. The van der Waals surface area contributed by atoms with Crippen LogP contribution in [0.5, 0.6) is 0 Å². The first-order chi connectivity index (χ1) is 6.09. The highest BCUT2D eigenvalue weighted by Gasteiger charge is 2.02. The number of carbonyl (C=O) groups excluding carboxylic acids is 1. The van der Waals surface area contributed by atoms with Crippen LogP contribution in [0.1, 0.15) is 15.3 Å². The maximum atomic E-state index is 10.4. The Morgan fingerprint density at radius 2 is 2.31 bits per heavy atom. The molecule has 0 saturated carbocycles. The van der Waals surface area contributed by atoms with Crippen molar-refractivity contribution in [3.63, 3.8) is 0 Å². The summed E-state index contributed by atoms with van der Waals surface area (Å²) in [6, 6.07) is 1.70. The van der Waals surface area contributed by atoms with Gasteiger partial charge in [-0.2, -0.15) is 0 Å². The van der Waals surface area contributed by atoms with Crippen molar-refractivity contribution >= 4 is 17.4 Å². The third-order valence-corrected chi connectivity index (χ3v) is 2.85. The molecule has 0 bridgehead atoms. The molecule has 3 N–H and O–H groups in total. The van der Waals surface area contributed by atoms with E-state index in [1.165, 1.54) is 15.3 Å². The molecule has 0 aliphatic carbocycles. The number of nitrogens with one attached hydrogen (secondary N) is 1. The van der Waals surface area contributed by atoms with Crippen LogP contribution in [0.25, 0.3) is 0 Å². The lowest BCUT2D eigenvalue weighted by molar-refractivity contribution is 0.249. The number of thiophene rings is 1. The minimum Gasteiger partial charge on any atom is -0.352 e. The summed E-state index contributed by atoms with van der Waals surface area (Å²) in [6.45, 7) is 4.80. The molecule has 0 aliphatic heterocycles. The molecule has 1 heterocycles. The molecule has 0 fully saturated rings. The Balaban J connectivity index is 2.45. The van der Waals surface area contributed by atoms with Gasteiger partial charge < -0.3 is 11.1 Å². The van der Waals surface area contributed by atoms with Crippen LogP contribution in [0.3, 0.4) is 0 Å². The largest absolute Gasteiger partial charge is 0.352 e. The topological polar surface area (TPSA) is 55.1 Å². The van der Waals surface area contributed by atoms with Gasteiger partial charge in [-0.25, -0.2) is 4.79 Å². The fourth-order valence-corrected chi connectivity index (χ4v) is 2.23. The molecule has 0 atom stereocenters.